The minimum absolute atomic E-state index is 0.230. The third kappa shape index (κ3) is 7.52. The van der Waals surface area contributed by atoms with Gasteiger partial charge in [0.15, 0.2) is 0 Å². The Morgan fingerprint density at radius 2 is 1.54 bits per heavy atom. The lowest BCUT2D eigenvalue weighted by Gasteiger charge is -2.38. The number of carboxylic acids is 1. The molecule has 1 aliphatic heterocycles. The number of carbonyl (C=O) groups excluding carboxylic acids is 1. The quantitative estimate of drug-likeness (QED) is 0.153. The van der Waals surface area contributed by atoms with Crippen LogP contribution in [0.5, 0.6) is 11.5 Å². The van der Waals surface area contributed by atoms with Crippen molar-refractivity contribution in [2.75, 3.05) is 26.3 Å². The number of carboxylic acid groups (broad SMARTS) is 1. The highest BCUT2D eigenvalue weighted by Crippen LogP contribution is 2.44. The lowest BCUT2D eigenvalue weighted by Crippen LogP contribution is -2.36. The number of hydrogen-bond acceptors (Lipinski definition) is 7. The summed E-state index contributed by atoms with van der Waals surface area (Å²) in [4.78, 5) is 34.2. The molecule has 6 aromatic rings. The fraction of sp³-hybridized carbons (Fsp3) is 0.302. The van der Waals surface area contributed by atoms with Gasteiger partial charge >= 0.3 is 5.97 Å². The zero-order valence-corrected chi connectivity index (χ0v) is 31.1. The molecule has 2 aliphatic rings. The molecule has 1 fully saturated rings. The first kappa shape index (κ1) is 35.5. The van der Waals surface area contributed by atoms with Crippen LogP contribution < -0.4 is 9.47 Å². The zero-order chi connectivity index (χ0) is 36.2. The minimum atomic E-state index is -0.951. The molecule has 266 valence electrons. The molecule has 9 heteroatoms. The zero-order valence-electron chi connectivity index (χ0n) is 29.5. The summed E-state index contributed by atoms with van der Waals surface area (Å²) in [5, 5.41) is 13.7. The first-order chi connectivity index (χ1) is 25.3. The third-order valence-electron chi connectivity index (χ3n) is 10.3. The SMILES string of the molecule is CCOc1cc(CN2CCC(C3CC(=O)Cc4c3ccc3c4ccc4ccccc43)CC2)cc(OCC)c1Br.O=C(O)c1ccc2nccnc2c1. The van der Waals surface area contributed by atoms with Gasteiger partial charge in [-0.25, -0.2) is 4.79 Å². The highest BCUT2D eigenvalue weighted by molar-refractivity contribution is 9.10. The minimum Gasteiger partial charge on any atom is -0.493 e. The molecule has 8 rings (SSSR count). The van der Waals surface area contributed by atoms with Crippen LogP contribution in [-0.2, 0) is 17.8 Å². The number of rotatable bonds is 8. The highest BCUT2D eigenvalue weighted by Gasteiger charge is 2.34. The Bertz CT molecular complexity index is 2240. The lowest BCUT2D eigenvalue weighted by molar-refractivity contribution is -0.119. The number of ketones is 1. The number of aromatic nitrogens is 2. The van der Waals surface area contributed by atoms with Gasteiger partial charge in [0, 0.05) is 31.8 Å². The van der Waals surface area contributed by atoms with Gasteiger partial charge in [0.2, 0.25) is 0 Å². The van der Waals surface area contributed by atoms with Crippen LogP contribution in [0, 0.1) is 5.92 Å². The molecule has 2 heterocycles. The van der Waals surface area contributed by atoms with E-state index < -0.39 is 5.97 Å². The van der Waals surface area contributed by atoms with Crippen molar-refractivity contribution in [1.82, 2.24) is 14.9 Å². The van der Waals surface area contributed by atoms with Gasteiger partial charge in [-0.3, -0.25) is 19.7 Å². The number of halogens is 1. The van der Waals surface area contributed by atoms with Gasteiger partial charge in [0.05, 0.1) is 29.8 Å². The first-order valence-corrected chi connectivity index (χ1v) is 18.8. The van der Waals surface area contributed by atoms with E-state index in [0.29, 0.717) is 54.7 Å². The van der Waals surface area contributed by atoms with Crippen LogP contribution in [0.25, 0.3) is 32.6 Å². The van der Waals surface area contributed by atoms with E-state index in [4.69, 9.17) is 14.6 Å². The van der Waals surface area contributed by atoms with Crippen molar-refractivity contribution >= 4 is 60.3 Å². The smallest absolute Gasteiger partial charge is 0.335 e. The van der Waals surface area contributed by atoms with Gasteiger partial charge in [-0.15, -0.1) is 0 Å². The van der Waals surface area contributed by atoms with Gasteiger partial charge in [-0.05, 0) is 136 Å². The number of piperidine rings is 1. The average Bonchev–Trinajstić information content (AvgIpc) is 3.16. The number of carbonyl (C=O) groups is 2. The molecular formula is C43H42BrN3O5. The molecular weight excluding hydrogens is 718 g/mol. The fourth-order valence-corrected chi connectivity index (χ4v) is 8.32. The topological polar surface area (TPSA) is 102 Å². The number of likely N-dealkylation sites (tertiary alicyclic amines) is 1. The predicted octanol–water partition coefficient (Wildman–Crippen LogP) is 9.39. The Balaban J connectivity index is 0.000000271. The number of benzene rings is 5. The van der Waals surface area contributed by atoms with E-state index in [9.17, 15) is 9.59 Å². The molecule has 1 aromatic heterocycles. The van der Waals surface area contributed by atoms with Crippen LogP contribution in [-0.4, -0.2) is 58.0 Å². The summed E-state index contributed by atoms with van der Waals surface area (Å²) in [6.07, 6.45) is 6.57. The summed E-state index contributed by atoms with van der Waals surface area (Å²) < 4.78 is 12.6. The molecule has 5 aromatic carbocycles. The van der Waals surface area contributed by atoms with E-state index in [2.05, 4.69) is 91.5 Å². The summed E-state index contributed by atoms with van der Waals surface area (Å²) in [6.45, 7) is 8.18. The molecule has 1 atom stereocenters. The Labute approximate surface area is 311 Å². The maximum atomic E-state index is 13.1. The second kappa shape index (κ2) is 15.8. The average molecular weight is 761 g/mol. The van der Waals surface area contributed by atoms with E-state index >= 15 is 0 Å². The van der Waals surface area contributed by atoms with E-state index in [0.717, 1.165) is 48.4 Å². The van der Waals surface area contributed by atoms with Crippen molar-refractivity contribution in [1.29, 1.82) is 0 Å². The van der Waals surface area contributed by atoms with Gasteiger partial charge < -0.3 is 14.6 Å². The van der Waals surface area contributed by atoms with E-state index in [1.54, 1.807) is 12.3 Å². The van der Waals surface area contributed by atoms with Gasteiger partial charge in [0.25, 0.3) is 0 Å². The standard InChI is InChI=1S/C34H36BrNO3.C9H6N2O2/c1-3-38-32-17-22(18-33(34(32)35)39-4-2)21-36-15-13-24(14-16-36)30-19-25(37)20-31-28-10-9-23-7-5-6-8-26(23)27(28)11-12-29(30)31;12-9(13)6-1-2-7-8(5-6)11-4-3-10-7/h5-12,17-18,24,30H,3-4,13-16,19-21H2,1-2H3;1-5H,(H,12,13). The molecule has 0 amide bonds. The molecule has 1 N–H and O–H groups in total. The molecule has 0 radical (unpaired) electrons. The molecule has 0 spiro atoms. The van der Waals surface area contributed by atoms with Crippen LogP contribution in [0.4, 0.5) is 0 Å². The van der Waals surface area contributed by atoms with Crippen molar-refractivity contribution in [3.05, 3.63) is 118 Å². The second-order valence-electron chi connectivity index (χ2n) is 13.5. The third-order valence-corrected chi connectivity index (χ3v) is 11.1. The van der Waals surface area contributed by atoms with Gasteiger partial charge in [-0.2, -0.15) is 0 Å². The first-order valence-electron chi connectivity index (χ1n) is 18.0. The number of Topliss-reactive ketones (excluding diaryl/α,β-unsaturated/α-hetero) is 1. The number of hydrogen-bond donors (Lipinski definition) is 1. The molecule has 1 unspecified atom stereocenters. The summed E-state index contributed by atoms with van der Waals surface area (Å²) >= 11 is 3.65. The Morgan fingerprint density at radius 3 is 2.25 bits per heavy atom. The number of ether oxygens (including phenoxy) is 2. The summed E-state index contributed by atoms with van der Waals surface area (Å²) in [5.74, 6) is 1.97. The van der Waals surface area contributed by atoms with Crippen LogP contribution in [0.15, 0.2) is 95.7 Å². The van der Waals surface area contributed by atoms with Gasteiger partial charge in [0.1, 0.15) is 21.8 Å². The normalized spacial score (nSPS) is 16.4. The largest absolute Gasteiger partial charge is 0.493 e. The molecule has 1 aliphatic carbocycles. The maximum absolute atomic E-state index is 13.1. The Hall–Kier alpha value is -4.86. The number of fused-ring (bicyclic) bond motifs is 6. The number of aromatic carboxylic acids is 1. The molecule has 8 nitrogen and oxygen atoms in total. The van der Waals surface area contributed by atoms with Crippen LogP contribution in [0.2, 0.25) is 0 Å². The predicted molar refractivity (Wildman–Crippen MR) is 209 cm³/mol. The van der Waals surface area contributed by atoms with Crippen LogP contribution in [0.1, 0.15) is 66.1 Å². The lowest BCUT2D eigenvalue weighted by atomic mass is 9.71. The van der Waals surface area contributed by atoms with Crippen molar-refractivity contribution in [2.24, 2.45) is 5.92 Å². The molecule has 0 bridgehead atoms. The Kier molecular flexibility index (Phi) is 10.8. The molecule has 0 saturated carbocycles. The van der Waals surface area contributed by atoms with Crippen molar-refractivity contribution in [3.8, 4) is 11.5 Å². The van der Waals surface area contributed by atoms with Crippen molar-refractivity contribution in [2.45, 2.75) is 52.0 Å². The van der Waals surface area contributed by atoms with Crippen molar-refractivity contribution in [3.63, 3.8) is 0 Å². The van der Waals surface area contributed by atoms with Crippen LogP contribution >= 0.6 is 15.9 Å². The summed E-state index contributed by atoms with van der Waals surface area (Å²) in [6, 6.07) is 26.6. The van der Waals surface area contributed by atoms with E-state index in [1.165, 1.54) is 56.6 Å². The maximum Gasteiger partial charge on any atom is 0.335 e. The monoisotopic (exact) mass is 759 g/mol. The molecule has 1 saturated heterocycles. The second-order valence-corrected chi connectivity index (χ2v) is 14.3. The Morgan fingerprint density at radius 1 is 0.846 bits per heavy atom. The molecule has 52 heavy (non-hydrogen) atoms. The summed E-state index contributed by atoms with van der Waals surface area (Å²) in [7, 11) is 0. The van der Waals surface area contributed by atoms with E-state index in [1.807, 2.05) is 13.8 Å². The van der Waals surface area contributed by atoms with Crippen LogP contribution in [0.3, 0.4) is 0 Å². The highest BCUT2D eigenvalue weighted by atomic mass is 79.9. The van der Waals surface area contributed by atoms with E-state index in [-0.39, 0.29) is 5.56 Å². The van der Waals surface area contributed by atoms with Crippen molar-refractivity contribution < 1.29 is 24.2 Å². The number of nitrogens with zero attached hydrogens (tertiary/aromatic N) is 3. The fourth-order valence-electron chi connectivity index (χ4n) is 7.86. The summed E-state index contributed by atoms with van der Waals surface area (Å²) in [5.41, 5.74) is 5.42. The van der Waals surface area contributed by atoms with Gasteiger partial charge in [-0.1, -0.05) is 48.5 Å².